The molecule has 0 aliphatic carbocycles. The van der Waals surface area contributed by atoms with Crippen LogP contribution >= 0.6 is 34.8 Å². The Kier molecular flexibility index (Phi) is 7.02. The van der Waals surface area contributed by atoms with Gasteiger partial charge in [-0.3, -0.25) is 0 Å². The number of hydrogen-bond donors (Lipinski definition) is 0. The van der Waals surface area contributed by atoms with E-state index in [1.807, 2.05) is 24.3 Å². The monoisotopic (exact) mass is 571 g/mol. The van der Waals surface area contributed by atoms with Crippen molar-refractivity contribution < 1.29 is 18.9 Å². The van der Waals surface area contributed by atoms with Crippen LogP contribution in [0.15, 0.2) is 54.6 Å². The Balaban J connectivity index is 1.34. The van der Waals surface area contributed by atoms with Crippen LogP contribution in [0, 0.1) is 0 Å². The van der Waals surface area contributed by atoms with E-state index < -0.39 is 9.83 Å². The maximum atomic E-state index is 6.72. The van der Waals surface area contributed by atoms with Crippen molar-refractivity contribution >= 4 is 46.6 Å². The van der Waals surface area contributed by atoms with Gasteiger partial charge in [-0.05, 0) is 66.6 Å². The zero-order valence-corrected chi connectivity index (χ0v) is 23.3. The van der Waals surface area contributed by atoms with E-state index >= 15 is 0 Å². The molecular weight excluding hydrogens is 545 g/mol. The van der Waals surface area contributed by atoms with E-state index in [1.165, 1.54) is 11.1 Å². The number of rotatable bonds is 7. The molecule has 0 aromatic heterocycles. The Morgan fingerprint density at radius 2 is 1.79 bits per heavy atom. The largest absolute Gasteiger partial charge is 0.493 e. The zero-order valence-electron chi connectivity index (χ0n) is 21.0. The predicted molar refractivity (Wildman–Crippen MR) is 152 cm³/mol. The number of aryl methyl sites for hydroxylation is 1. The number of benzene rings is 3. The molecule has 3 heterocycles. The highest BCUT2D eigenvalue weighted by molar-refractivity contribution is 6.68. The van der Waals surface area contributed by atoms with Gasteiger partial charge in [0.1, 0.15) is 6.04 Å². The van der Waals surface area contributed by atoms with Crippen molar-refractivity contribution in [3.63, 3.8) is 0 Å². The average molecular weight is 573 g/mol. The highest BCUT2D eigenvalue weighted by Gasteiger charge is 2.46. The zero-order chi connectivity index (χ0) is 26.3. The standard InChI is InChI=1S/C30H28Cl3NO4/c1-35-24-11-10-21-15-23-22-17-26-25(37-18-38-26)16-20(22)12-13-34(23)29(30(31,32)33)27(21)28(24)36-14-6-5-9-19-7-3-2-4-8-19/h2-4,7-8,10-11,15-17,29H,5-6,9,12-14,18H2,1H3/t29-/m0/s1. The fourth-order valence-corrected chi connectivity index (χ4v) is 6.26. The second-order valence-electron chi connectivity index (χ2n) is 9.67. The molecule has 0 N–H and O–H groups in total. The van der Waals surface area contributed by atoms with Gasteiger partial charge in [-0.2, -0.15) is 0 Å². The molecule has 0 spiro atoms. The Hall–Kier alpha value is -2.73. The molecule has 0 amide bonds. The predicted octanol–water partition coefficient (Wildman–Crippen LogP) is 7.61. The Bertz CT molecular complexity index is 1370. The number of ether oxygens (including phenoxy) is 4. The summed E-state index contributed by atoms with van der Waals surface area (Å²) < 4.78 is 21.8. The first kappa shape index (κ1) is 25.5. The van der Waals surface area contributed by atoms with Gasteiger partial charge in [-0.1, -0.05) is 71.2 Å². The first-order valence-corrected chi connectivity index (χ1v) is 13.9. The van der Waals surface area contributed by atoms with E-state index in [0.29, 0.717) is 24.7 Å². The van der Waals surface area contributed by atoms with Gasteiger partial charge in [0.2, 0.25) is 10.6 Å². The van der Waals surface area contributed by atoms with E-state index in [9.17, 15) is 0 Å². The number of methoxy groups -OCH3 is 1. The van der Waals surface area contributed by atoms with Crippen molar-refractivity contribution in [2.24, 2.45) is 0 Å². The molecule has 1 atom stereocenters. The number of alkyl halides is 3. The smallest absolute Gasteiger partial charge is 0.231 e. The first-order valence-electron chi connectivity index (χ1n) is 12.8. The minimum atomic E-state index is -1.61. The summed E-state index contributed by atoms with van der Waals surface area (Å²) in [5.74, 6) is 2.77. The molecule has 3 aromatic carbocycles. The normalized spacial score (nSPS) is 17.3. The summed E-state index contributed by atoms with van der Waals surface area (Å²) in [5, 5.41) is 0. The number of halogens is 3. The molecule has 3 aliphatic rings. The van der Waals surface area contributed by atoms with E-state index in [4.69, 9.17) is 53.8 Å². The Morgan fingerprint density at radius 3 is 2.55 bits per heavy atom. The lowest BCUT2D eigenvalue weighted by atomic mass is 9.86. The van der Waals surface area contributed by atoms with Crippen LogP contribution in [0.25, 0.3) is 11.8 Å². The molecule has 38 heavy (non-hydrogen) atoms. The lowest BCUT2D eigenvalue weighted by molar-refractivity contribution is 0.174. The van der Waals surface area contributed by atoms with Crippen molar-refractivity contribution in [3.8, 4) is 23.0 Å². The highest BCUT2D eigenvalue weighted by atomic mass is 35.6. The van der Waals surface area contributed by atoms with Crippen molar-refractivity contribution in [1.82, 2.24) is 4.90 Å². The maximum absolute atomic E-state index is 6.72. The highest BCUT2D eigenvalue weighted by Crippen LogP contribution is 2.56. The molecule has 0 bridgehead atoms. The fraction of sp³-hybridized carbons (Fsp3) is 0.333. The van der Waals surface area contributed by atoms with E-state index in [-0.39, 0.29) is 6.79 Å². The third kappa shape index (κ3) is 4.76. The molecule has 6 rings (SSSR count). The summed E-state index contributed by atoms with van der Waals surface area (Å²) in [6.07, 6.45) is 5.84. The van der Waals surface area contributed by atoms with Crippen LogP contribution in [-0.4, -0.2) is 35.7 Å². The SMILES string of the molecule is COc1ccc2c(c1OCCCCc1ccccc1)[C@@H](C(Cl)(Cl)Cl)N1CCc3cc4c(cc3C1=C2)OCO4. The molecule has 8 heteroatoms. The molecule has 0 saturated heterocycles. The van der Waals surface area contributed by atoms with Crippen LogP contribution in [0.3, 0.4) is 0 Å². The van der Waals surface area contributed by atoms with Gasteiger partial charge in [-0.25, -0.2) is 0 Å². The van der Waals surface area contributed by atoms with Gasteiger partial charge in [0.15, 0.2) is 23.0 Å². The molecule has 3 aromatic rings. The molecule has 0 radical (unpaired) electrons. The summed E-state index contributed by atoms with van der Waals surface area (Å²) in [4.78, 5) is 2.17. The van der Waals surface area contributed by atoms with Crippen LogP contribution in [0.1, 0.15) is 46.7 Å². The molecule has 0 unspecified atom stereocenters. The van der Waals surface area contributed by atoms with Crippen molar-refractivity contribution in [1.29, 1.82) is 0 Å². The molecular formula is C30H28Cl3NO4. The summed E-state index contributed by atoms with van der Waals surface area (Å²) in [7, 11) is 1.64. The molecule has 0 saturated carbocycles. The summed E-state index contributed by atoms with van der Waals surface area (Å²) in [6, 6.07) is 17.9. The third-order valence-electron chi connectivity index (χ3n) is 7.36. The van der Waals surface area contributed by atoms with Gasteiger partial charge >= 0.3 is 0 Å². The van der Waals surface area contributed by atoms with E-state index in [1.54, 1.807) is 7.11 Å². The minimum Gasteiger partial charge on any atom is -0.493 e. The second kappa shape index (κ2) is 10.4. The Labute approximate surface area is 237 Å². The third-order valence-corrected chi connectivity index (χ3v) is 7.98. The second-order valence-corrected chi connectivity index (χ2v) is 12.0. The lowest BCUT2D eigenvalue weighted by Crippen LogP contribution is -2.41. The lowest BCUT2D eigenvalue weighted by Gasteiger charge is -2.46. The molecule has 198 valence electrons. The van der Waals surface area contributed by atoms with Gasteiger partial charge in [0, 0.05) is 23.4 Å². The summed E-state index contributed by atoms with van der Waals surface area (Å²) in [5.41, 5.74) is 6.34. The molecule has 3 aliphatic heterocycles. The minimum absolute atomic E-state index is 0.229. The van der Waals surface area contributed by atoms with Crippen LogP contribution in [-0.2, 0) is 12.8 Å². The average Bonchev–Trinajstić information content (AvgIpc) is 3.38. The van der Waals surface area contributed by atoms with Crippen LogP contribution in [0.5, 0.6) is 23.0 Å². The van der Waals surface area contributed by atoms with Gasteiger partial charge < -0.3 is 23.8 Å². The fourth-order valence-electron chi connectivity index (χ4n) is 5.58. The topological polar surface area (TPSA) is 40.2 Å². The van der Waals surface area contributed by atoms with Crippen LogP contribution in [0.2, 0.25) is 0 Å². The summed E-state index contributed by atoms with van der Waals surface area (Å²) >= 11 is 20.2. The molecule has 0 fully saturated rings. The molecule has 5 nitrogen and oxygen atoms in total. The number of fused-ring (bicyclic) bond motifs is 5. The number of unbranched alkanes of at least 4 members (excludes halogenated alkanes) is 1. The summed E-state index contributed by atoms with van der Waals surface area (Å²) in [6.45, 7) is 1.45. The maximum Gasteiger partial charge on any atom is 0.231 e. The number of hydrogen-bond acceptors (Lipinski definition) is 5. The quantitative estimate of drug-likeness (QED) is 0.215. The van der Waals surface area contributed by atoms with E-state index in [0.717, 1.165) is 59.6 Å². The number of nitrogens with zero attached hydrogens (tertiary/aromatic N) is 1. The van der Waals surface area contributed by atoms with Crippen molar-refractivity contribution in [2.45, 2.75) is 35.5 Å². The van der Waals surface area contributed by atoms with Crippen LogP contribution in [0.4, 0.5) is 0 Å². The van der Waals surface area contributed by atoms with Crippen molar-refractivity contribution in [3.05, 3.63) is 82.4 Å². The Morgan fingerprint density at radius 1 is 1.00 bits per heavy atom. The van der Waals surface area contributed by atoms with Gasteiger partial charge in [0.25, 0.3) is 0 Å². The van der Waals surface area contributed by atoms with Gasteiger partial charge in [0.05, 0.1) is 13.7 Å². The first-order chi connectivity index (χ1) is 18.4. The van der Waals surface area contributed by atoms with E-state index in [2.05, 4.69) is 41.3 Å². The van der Waals surface area contributed by atoms with Crippen molar-refractivity contribution in [2.75, 3.05) is 27.1 Å². The van der Waals surface area contributed by atoms with Gasteiger partial charge in [-0.15, -0.1) is 0 Å². The van der Waals surface area contributed by atoms with Crippen LogP contribution < -0.4 is 18.9 Å².